The number of hydrogen-bond acceptors (Lipinski definition) is 4. The lowest BCUT2D eigenvalue weighted by molar-refractivity contribution is 0.566. The molecule has 2 heterocycles. The Morgan fingerprint density at radius 2 is 2.12 bits per heavy atom. The summed E-state index contributed by atoms with van der Waals surface area (Å²) < 4.78 is 0. The second-order valence-corrected chi connectivity index (χ2v) is 5.13. The van der Waals surface area contributed by atoms with Crippen molar-refractivity contribution in [2.75, 3.05) is 6.54 Å². The van der Waals surface area contributed by atoms with Crippen LogP contribution in [-0.2, 0) is 6.42 Å². The van der Waals surface area contributed by atoms with Crippen molar-refractivity contribution < 1.29 is 0 Å². The average Bonchev–Trinajstić information content (AvgIpc) is 2.77. The molecule has 0 amide bonds. The average molecular weight is 247 g/mol. The van der Waals surface area contributed by atoms with Crippen LogP contribution in [0.5, 0.6) is 0 Å². The molecule has 0 saturated heterocycles. The third-order valence-corrected chi connectivity index (χ3v) is 3.49. The quantitative estimate of drug-likeness (QED) is 0.883. The van der Waals surface area contributed by atoms with Gasteiger partial charge in [0.2, 0.25) is 0 Å². The van der Waals surface area contributed by atoms with E-state index in [9.17, 15) is 0 Å². The summed E-state index contributed by atoms with van der Waals surface area (Å²) in [6, 6.07) is 4.43. The highest BCUT2D eigenvalue weighted by Gasteiger charge is 2.07. The lowest BCUT2D eigenvalue weighted by Crippen LogP contribution is -2.21. The number of thiazole rings is 1. The van der Waals surface area contributed by atoms with Crippen LogP contribution in [0.2, 0.25) is 0 Å². The molecule has 0 aliphatic carbocycles. The van der Waals surface area contributed by atoms with Crippen molar-refractivity contribution in [3.63, 3.8) is 0 Å². The van der Waals surface area contributed by atoms with Gasteiger partial charge < -0.3 is 5.32 Å². The molecule has 1 unspecified atom stereocenters. The molecule has 2 aromatic rings. The van der Waals surface area contributed by atoms with Crippen LogP contribution in [0, 0.1) is 6.92 Å². The SMILES string of the molecule is Cc1nc(C(C)NCCc2ccncc2)cs1. The minimum absolute atomic E-state index is 0.321. The zero-order valence-electron chi connectivity index (χ0n) is 10.2. The monoisotopic (exact) mass is 247 g/mol. The zero-order chi connectivity index (χ0) is 12.1. The number of aryl methyl sites for hydroxylation is 1. The maximum Gasteiger partial charge on any atom is 0.0898 e. The van der Waals surface area contributed by atoms with Gasteiger partial charge in [-0.05, 0) is 44.5 Å². The minimum Gasteiger partial charge on any atom is -0.308 e. The van der Waals surface area contributed by atoms with Gasteiger partial charge in [0.15, 0.2) is 0 Å². The third kappa shape index (κ3) is 3.61. The van der Waals surface area contributed by atoms with Crippen molar-refractivity contribution in [1.82, 2.24) is 15.3 Å². The highest BCUT2D eigenvalue weighted by molar-refractivity contribution is 7.09. The number of pyridine rings is 1. The summed E-state index contributed by atoms with van der Waals surface area (Å²) in [5, 5.41) is 6.74. The molecule has 17 heavy (non-hydrogen) atoms. The van der Waals surface area contributed by atoms with E-state index in [0.717, 1.165) is 23.7 Å². The number of rotatable bonds is 5. The molecule has 1 atom stereocenters. The van der Waals surface area contributed by atoms with Crippen LogP contribution in [0.25, 0.3) is 0 Å². The van der Waals surface area contributed by atoms with Crippen LogP contribution in [0.3, 0.4) is 0 Å². The molecule has 2 rings (SSSR count). The molecule has 3 nitrogen and oxygen atoms in total. The van der Waals surface area contributed by atoms with E-state index in [4.69, 9.17) is 0 Å². The van der Waals surface area contributed by atoms with E-state index in [1.165, 1.54) is 5.56 Å². The van der Waals surface area contributed by atoms with Crippen LogP contribution in [-0.4, -0.2) is 16.5 Å². The fourth-order valence-electron chi connectivity index (χ4n) is 1.67. The largest absolute Gasteiger partial charge is 0.308 e. The number of nitrogens with one attached hydrogen (secondary N) is 1. The van der Waals surface area contributed by atoms with Crippen molar-refractivity contribution >= 4 is 11.3 Å². The van der Waals surface area contributed by atoms with Crippen LogP contribution in [0.4, 0.5) is 0 Å². The van der Waals surface area contributed by atoms with Crippen LogP contribution < -0.4 is 5.32 Å². The summed E-state index contributed by atoms with van der Waals surface area (Å²) in [6.07, 6.45) is 4.70. The Kier molecular flexibility index (Phi) is 4.23. The van der Waals surface area contributed by atoms with Gasteiger partial charge in [0.25, 0.3) is 0 Å². The van der Waals surface area contributed by atoms with E-state index in [-0.39, 0.29) is 0 Å². The molecule has 0 aromatic carbocycles. The lowest BCUT2D eigenvalue weighted by atomic mass is 10.2. The van der Waals surface area contributed by atoms with Crippen molar-refractivity contribution in [1.29, 1.82) is 0 Å². The number of aromatic nitrogens is 2. The Hall–Kier alpha value is -1.26. The Bertz CT molecular complexity index is 453. The smallest absolute Gasteiger partial charge is 0.0898 e. The molecule has 0 aliphatic rings. The molecular weight excluding hydrogens is 230 g/mol. The summed E-state index contributed by atoms with van der Waals surface area (Å²) in [5.41, 5.74) is 2.45. The first kappa shape index (κ1) is 12.2. The van der Waals surface area contributed by atoms with Gasteiger partial charge in [-0.15, -0.1) is 11.3 Å². The van der Waals surface area contributed by atoms with Gasteiger partial charge in [0, 0.05) is 23.8 Å². The van der Waals surface area contributed by atoms with E-state index < -0.39 is 0 Å². The fraction of sp³-hybridized carbons (Fsp3) is 0.385. The maximum atomic E-state index is 4.48. The van der Waals surface area contributed by atoms with E-state index in [0.29, 0.717) is 6.04 Å². The summed E-state index contributed by atoms with van der Waals surface area (Å²) in [4.78, 5) is 8.49. The second kappa shape index (κ2) is 5.89. The molecule has 4 heteroatoms. The summed E-state index contributed by atoms with van der Waals surface area (Å²) >= 11 is 1.70. The zero-order valence-corrected chi connectivity index (χ0v) is 11.0. The van der Waals surface area contributed by atoms with Gasteiger partial charge in [-0.2, -0.15) is 0 Å². The van der Waals surface area contributed by atoms with Gasteiger partial charge in [0.05, 0.1) is 10.7 Å². The first-order valence-corrected chi connectivity index (χ1v) is 6.68. The van der Waals surface area contributed by atoms with Crippen molar-refractivity contribution in [2.45, 2.75) is 26.3 Å². The number of hydrogen-bond donors (Lipinski definition) is 1. The molecular formula is C13H17N3S. The van der Waals surface area contributed by atoms with Gasteiger partial charge in [0.1, 0.15) is 0 Å². The van der Waals surface area contributed by atoms with E-state index >= 15 is 0 Å². The molecule has 0 radical (unpaired) electrons. The molecule has 0 aliphatic heterocycles. The third-order valence-electron chi connectivity index (χ3n) is 2.69. The van der Waals surface area contributed by atoms with E-state index in [2.05, 4.69) is 39.7 Å². The predicted octanol–water partition coefficient (Wildman–Crippen LogP) is 2.74. The topological polar surface area (TPSA) is 37.8 Å². The normalized spacial score (nSPS) is 12.6. The Morgan fingerprint density at radius 1 is 1.35 bits per heavy atom. The minimum atomic E-state index is 0.321. The van der Waals surface area contributed by atoms with E-state index in [1.54, 1.807) is 11.3 Å². The fourth-order valence-corrected chi connectivity index (χ4v) is 2.37. The van der Waals surface area contributed by atoms with Crippen molar-refractivity contribution in [2.24, 2.45) is 0 Å². The van der Waals surface area contributed by atoms with Crippen LogP contribution >= 0.6 is 11.3 Å². The predicted molar refractivity (Wildman–Crippen MR) is 71.2 cm³/mol. The highest BCUT2D eigenvalue weighted by Crippen LogP contribution is 2.15. The first-order chi connectivity index (χ1) is 8.25. The standard InChI is InChI=1S/C13H17N3S/c1-10(13-9-17-11(2)16-13)15-8-5-12-3-6-14-7-4-12/h3-4,6-7,9-10,15H,5,8H2,1-2H3. The van der Waals surface area contributed by atoms with Crippen LogP contribution in [0.1, 0.15) is 29.2 Å². The van der Waals surface area contributed by atoms with Gasteiger partial charge in [-0.1, -0.05) is 0 Å². The van der Waals surface area contributed by atoms with E-state index in [1.807, 2.05) is 19.3 Å². The van der Waals surface area contributed by atoms with Crippen molar-refractivity contribution in [3.05, 3.63) is 46.2 Å². The van der Waals surface area contributed by atoms with Crippen molar-refractivity contribution in [3.8, 4) is 0 Å². The van der Waals surface area contributed by atoms with Gasteiger partial charge in [-0.25, -0.2) is 4.98 Å². The summed E-state index contributed by atoms with van der Waals surface area (Å²) in [7, 11) is 0. The molecule has 0 fully saturated rings. The highest BCUT2D eigenvalue weighted by atomic mass is 32.1. The van der Waals surface area contributed by atoms with Crippen LogP contribution in [0.15, 0.2) is 29.9 Å². The Labute approximate surface area is 106 Å². The molecule has 0 saturated carbocycles. The molecule has 0 bridgehead atoms. The Morgan fingerprint density at radius 3 is 2.76 bits per heavy atom. The number of nitrogens with zero attached hydrogens (tertiary/aromatic N) is 2. The molecule has 0 spiro atoms. The van der Waals surface area contributed by atoms with Gasteiger partial charge >= 0.3 is 0 Å². The molecule has 90 valence electrons. The summed E-state index contributed by atoms with van der Waals surface area (Å²) in [6.45, 7) is 5.15. The second-order valence-electron chi connectivity index (χ2n) is 4.07. The lowest BCUT2D eigenvalue weighted by Gasteiger charge is -2.11. The Balaban J connectivity index is 1.79. The summed E-state index contributed by atoms with van der Waals surface area (Å²) in [5.74, 6) is 0. The molecule has 1 N–H and O–H groups in total. The molecule has 2 aromatic heterocycles. The van der Waals surface area contributed by atoms with Gasteiger partial charge in [-0.3, -0.25) is 4.98 Å². The first-order valence-electron chi connectivity index (χ1n) is 5.80. The maximum absolute atomic E-state index is 4.48.